The number of carbonyl (C=O) groups is 2. The minimum absolute atomic E-state index is 0.256. The quantitative estimate of drug-likeness (QED) is 0.375. The van der Waals surface area contributed by atoms with Crippen molar-refractivity contribution in [3.63, 3.8) is 0 Å². The Hall–Kier alpha value is -2.77. The van der Waals surface area contributed by atoms with Gasteiger partial charge in [-0.15, -0.1) is 0 Å². The molecule has 0 aliphatic rings. The highest BCUT2D eigenvalue weighted by atomic mass is 16.6. The molecule has 3 N–H and O–H groups in total. The largest absolute Gasteiger partial charge is 0.469 e. The number of rotatable bonds is 7. The van der Waals surface area contributed by atoms with Crippen molar-refractivity contribution in [3.8, 4) is 0 Å². The summed E-state index contributed by atoms with van der Waals surface area (Å²) >= 11 is 0. The molecule has 0 aliphatic carbocycles. The molecule has 1 aromatic rings. The second kappa shape index (κ2) is 11.2. The van der Waals surface area contributed by atoms with E-state index in [1.54, 1.807) is 14.0 Å². The molecule has 0 aliphatic heterocycles. The lowest BCUT2D eigenvalue weighted by molar-refractivity contribution is -0.144. The van der Waals surface area contributed by atoms with E-state index in [1.807, 2.05) is 45.0 Å². The smallest absolute Gasteiger partial charge is 0.412 e. The van der Waals surface area contributed by atoms with Gasteiger partial charge in [-0.3, -0.25) is 15.1 Å². The monoisotopic (exact) mass is 392 g/mol. The molecule has 8 nitrogen and oxygen atoms in total. The molecule has 0 bridgehead atoms. The zero-order valence-electron chi connectivity index (χ0n) is 17.6. The molecule has 0 spiro atoms. The first-order valence-electron chi connectivity index (χ1n) is 9.26. The lowest BCUT2D eigenvalue weighted by atomic mass is 10.1. The molecule has 1 amide bonds. The van der Waals surface area contributed by atoms with Crippen molar-refractivity contribution in [1.29, 1.82) is 0 Å². The Bertz CT molecular complexity index is 666. The minimum Gasteiger partial charge on any atom is -0.469 e. The molecule has 0 heterocycles. The van der Waals surface area contributed by atoms with E-state index in [0.29, 0.717) is 24.7 Å². The van der Waals surface area contributed by atoms with Crippen LogP contribution in [-0.2, 0) is 20.7 Å². The topological polar surface area (TPSA) is 101 Å². The van der Waals surface area contributed by atoms with Crippen LogP contribution in [0.2, 0.25) is 0 Å². The summed E-state index contributed by atoms with van der Waals surface area (Å²) in [4.78, 5) is 27.3. The highest BCUT2D eigenvalue weighted by molar-refractivity contribution is 5.84. The second-order valence-electron chi connectivity index (χ2n) is 7.38. The Kier molecular flexibility index (Phi) is 9.27. The Labute approximate surface area is 167 Å². The zero-order valence-corrected chi connectivity index (χ0v) is 17.6. The van der Waals surface area contributed by atoms with Gasteiger partial charge in [-0.2, -0.15) is 0 Å². The molecular weight excluding hydrogens is 360 g/mol. The van der Waals surface area contributed by atoms with Crippen LogP contribution in [0.4, 0.5) is 10.5 Å². The van der Waals surface area contributed by atoms with Crippen molar-refractivity contribution in [1.82, 2.24) is 10.6 Å². The highest BCUT2D eigenvalue weighted by Gasteiger charge is 2.16. The fourth-order valence-electron chi connectivity index (χ4n) is 2.26. The minimum atomic E-state index is -0.531. The van der Waals surface area contributed by atoms with Gasteiger partial charge < -0.3 is 20.1 Å². The summed E-state index contributed by atoms with van der Waals surface area (Å²) in [5.74, 6) is 0.107. The molecular formula is C20H32N4O4. The van der Waals surface area contributed by atoms with Crippen LogP contribution in [0.3, 0.4) is 0 Å². The number of methoxy groups -OCH3 is 1. The van der Waals surface area contributed by atoms with Crippen LogP contribution in [0, 0.1) is 5.92 Å². The number of esters is 1. The van der Waals surface area contributed by atoms with Crippen LogP contribution >= 0.6 is 0 Å². The van der Waals surface area contributed by atoms with Crippen LogP contribution < -0.4 is 16.0 Å². The molecule has 0 saturated heterocycles. The summed E-state index contributed by atoms with van der Waals surface area (Å²) in [6, 6.07) is 7.57. The maximum atomic E-state index is 11.8. The van der Waals surface area contributed by atoms with Gasteiger partial charge in [0.25, 0.3) is 0 Å². The third-order valence-corrected chi connectivity index (χ3v) is 3.71. The first-order chi connectivity index (χ1) is 13.1. The van der Waals surface area contributed by atoms with Gasteiger partial charge in [-0.05, 0) is 44.9 Å². The lowest BCUT2D eigenvalue weighted by Gasteiger charge is -2.19. The van der Waals surface area contributed by atoms with Crippen molar-refractivity contribution in [2.24, 2.45) is 10.9 Å². The van der Waals surface area contributed by atoms with Crippen LogP contribution in [0.25, 0.3) is 0 Å². The summed E-state index contributed by atoms with van der Waals surface area (Å²) < 4.78 is 9.93. The predicted octanol–water partition coefficient (Wildman–Crippen LogP) is 2.55. The summed E-state index contributed by atoms with van der Waals surface area (Å²) in [5, 5.41) is 9.00. The summed E-state index contributed by atoms with van der Waals surface area (Å²) in [6.45, 7) is 8.37. The van der Waals surface area contributed by atoms with Crippen molar-refractivity contribution in [2.45, 2.75) is 39.7 Å². The number of anilines is 1. The van der Waals surface area contributed by atoms with Crippen LogP contribution in [0.15, 0.2) is 29.3 Å². The van der Waals surface area contributed by atoms with Gasteiger partial charge >= 0.3 is 12.1 Å². The molecule has 28 heavy (non-hydrogen) atoms. The Balaban J connectivity index is 2.40. The fraction of sp³-hybridized carbons (Fsp3) is 0.550. The van der Waals surface area contributed by atoms with E-state index in [0.717, 1.165) is 12.0 Å². The highest BCUT2D eigenvalue weighted by Crippen LogP contribution is 2.13. The maximum absolute atomic E-state index is 11.8. The van der Waals surface area contributed by atoms with Gasteiger partial charge in [0.2, 0.25) is 0 Å². The van der Waals surface area contributed by atoms with Crippen LogP contribution in [0.1, 0.15) is 33.3 Å². The number of nitrogens with zero attached hydrogens (tertiary/aromatic N) is 1. The number of aliphatic imine (C=N–C) groups is 1. The molecule has 0 fully saturated rings. The first kappa shape index (κ1) is 23.3. The second-order valence-corrected chi connectivity index (χ2v) is 7.38. The number of nitrogens with one attached hydrogen (secondary N) is 3. The molecule has 8 heteroatoms. The van der Waals surface area contributed by atoms with E-state index in [4.69, 9.17) is 9.47 Å². The molecule has 0 aromatic heterocycles. The number of amides is 1. The number of hydrogen-bond donors (Lipinski definition) is 3. The van der Waals surface area contributed by atoms with E-state index in [-0.39, 0.29) is 11.9 Å². The summed E-state index contributed by atoms with van der Waals surface area (Å²) in [6.07, 6.45) is 0.304. The SMILES string of the molecule is CN=C(NCCc1ccc(NC(=O)OC(C)(C)C)cc1)NCC(C)C(=O)OC. The lowest BCUT2D eigenvalue weighted by Crippen LogP contribution is -2.41. The van der Waals surface area contributed by atoms with Gasteiger partial charge in [-0.25, -0.2) is 4.79 Å². The average molecular weight is 393 g/mol. The molecule has 0 saturated carbocycles. The van der Waals surface area contributed by atoms with Crippen LogP contribution in [-0.4, -0.2) is 50.9 Å². The number of hydrogen-bond acceptors (Lipinski definition) is 5. The molecule has 1 atom stereocenters. The van der Waals surface area contributed by atoms with E-state index >= 15 is 0 Å². The summed E-state index contributed by atoms with van der Waals surface area (Å²) in [5.41, 5.74) is 1.26. The normalized spacial score (nSPS) is 12.7. The Morgan fingerprint density at radius 1 is 1.14 bits per heavy atom. The van der Waals surface area contributed by atoms with Gasteiger partial charge in [0.15, 0.2) is 5.96 Å². The van der Waals surface area contributed by atoms with Crippen molar-refractivity contribution in [2.75, 3.05) is 32.6 Å². The molecule has 1 rings (SSSR count). The number of ether oxygens (including phenoxy) is 2. The number of guanidine groups is 1. The maximum Gasteiger partial charge on any atom is 0.412 e. The van der Waals surface area contributed by atoms with Crippen molar-refractivity contribution in [3.05, 3.63) is 29.8 Å². The van der Waals surface area contributed by atoms with E-state index in [1.165, 1.54) is 7.11 Å². The molecule has 1 aromatic carbocycles. The van der Waals surface area contributed by atoms with Crippen molar-refractivity contribution < 1.29 is 19.1 Å². The van der Waals surface area contributed by atoms with E-state index < -0.39 is 11.7 Å². The standard InChI is InChI=1S/C20H32N4O4/c1-14(17(25)27-6)13-23-18(21-5)22-12-11-15-7-9-16(10-8-15)24-19(26)28-20(2,3)4/h7-10,14H,11-13H2,1-6H3,(H,24,26)(H2,21,22,23). The van der Waals surface area contributed by atoms with Gasteiger partial charge in [-0.1, -0.05) is 19.1 Å². The van der Waals surface area contributed by atoms with Gasteiger partial charge in [0, 0.05) is 25.8 Å². The Morgan fingerprint density at radius 2 is 1.79 bits per heavy atom. The number of benzene rings is 1. The predicted molar refractivity (Wildman–Crippen MR) is 111 cm³/mol. The van der Waals surface area contributed by atoms with Gasteiger partial charge in [0.1, 0.15) is 5.60 Å². The van der Waals surface area contributed by atoms with E-state index in [2.05, 4.69) is 20.9 Å². The molecule has 1 unspecified atom stereocenters. The average Bonchev–Trinajstić information content (AvgIpc) is 2.63. The fourth-order valence-corrected chi connectivity index (χ4v) is 2.26. The van der Waals surface area contributed by atoms with Crippen LogP contribution in [0.5, 0.6) is 0 Å². The molecule has 156 valence electrons. The summed E-state index contributed by atoms with van der Waals surface area (Å²) in [7, 11) is 3.05. The van der Waals surface area contributed by atoms with E-state index in [9.17, 15) is 9.59 Å². The zero-order chi connectivity index (χ0) is 21.2. The third kappa shape index (κ3) is 9.25. The number of carbonyl (C=O) groups excluding carboxylic acids is 2. The first-order valence-corrected chi connectivity index (χ1v) is 9.26. The Morgan fingerprint density at radius 3 is 2.32 bits per heavy atom. The van der Waals surface area contributed by atoms with Crippen molar-refractivity contribution >= 4 is 23.7 Å². The van der Waals surface area contributed by atoms with Gasteiger partial charge in [0.05, 0.1) is 13.0 Å². The third-order valence-electron chi connectivity index (χ3n) is 3.71. The molecule has 0 radical (unpaired) electrons.